The monoisotopic (exact) mass is 462 g/mol. The summed E-state index contributed by atoms with van der Waals surface area (Å²) in [6.07, 6.45) is 1.40. The molecule has 174 valence electrons. The molecule has 0 bridgehead atoms. The predicted molar refractivity (Wildman–Crippen MR) is 112 cm³/mol. The standard InChI is InChI=1S/C23H22F4N4O2/c1-13(2)21(31-12-28-19-10-17(26)18(27)11-20(19)31)23(33)30-7-5-29(6-8-30)22(32)14-3-4-15(24)16(25)9-14/h3-4,9-13,21H,5-8H2,1-2H3. The third-order valence-corrected chi connectivity index (χ3v) is 5.85. The molecule has 2 amide bonds. The molecule has 3 aromatic rings. The number of fused-ring (bicyclic) bond motifs is 1. The molecule has 2 heterocycles. The van der Waals surface area contributed by atoms with Gasteiger partial charge in [-0.2, -0.15) is 0 Å². The molecule has 1 saturated heterocycles. The van der Waals surface area contributed by atoms with Gasteiger partial charge in [0.25, 0.3) is 5.91 Å². The SMILES string of the molecule is CC(C)C(C(=O)N1CCN(C(=O)c2ccc(F)c(F)c2)CC1)n1cnc2cc(F)c(F)cc21. The number of nitrogens with zero attached hydrogens (tertiary/aromatic N) is 4. The van der Waals surface area contributed by atoms with E-state index < -0.39 is 35.2 Å². The maximum atomic E-state index is 13.8. The highest BCUT2D eigenvalue weighted by atomic mass is 19.2. The van der Waals surface area contributed by atoms with Crippen LogP contribution in [-0.2, 0) is 4.79 Å². The Hall–Kier alpha value is -3.43. The first-order valence-corrected chi connectivity index (χ1v) is 10.5. The number of rotatable bonds is 4. The van der Waals surface area contributed by atoms with Crippen molar-refractivity contribution in [1.29, 1.82) is 0 Å². The number of benzene rings is 2. The number of aromatic nitrogens is 2. The van der Waals surface area contributed by atoms with Gasteiger partial charge < -0.3 is 14.4 Å². The van der Waals surface area contributed by atoms with Gasteiger partial charge in [0.15, 0.2) is 23.3 Å². The lowest BCUT2D eigenvalue weighted by atomic mass is 10.0. The van der Waals surface area contributed by atoms with Crippen molar-refractivity contribution in [3.8, 4) is 0 Å². The second-order valence-electron chi connectivity index (χ2n) is 8.34. The van der Waals surface area contributed by atoms with Crippen LogP contribution in [0.2, 0.25) is 0 Å². The molecule has 1 unspecified atom stereocenters. The molecule has 4 rings (SSSR count). The van der Waals surface area contributed by atoms with Crippen LogP contribution in [0.25, 0.3) is 11.0 Å². The fraction of sp³-hybridized carbons (Fsp3) is 0.348. The van der Waals surface area contributed by atoms with Crippen LogP contribution >= 0.6 is 0 Å². The van der Waals surface area contributed by atoms with Crippen molar-refractivity contribution in [1.82, 2.24) is 19.4 Å². The average molecular weight is 462 g/mol. The lowest BCUT2D eigenvalue weighted by Crippen LogP contribution is -2.52. The third-order valence-electron chi connectivity index (χ3n) is 5.85. The van der Waals surface area contributed by atoms with E-state index in [2.05, 4.69) is 4.98 Å². The molecule has 33 heavy (non-hydrogen) atoms. The molecule has 0 saturated carbocycles. The first-order valence-electron chi connectivity index (χ1n) is 10.5. The number of halogens is 4. The molecular weight excluding hydrogens is 440 g/mol. The molecule has 0 aliphatic carbocycles. The number of hydrogen-bond donors (Lipinski definition) is 0. The molecule has 0 spiro atoms. The van der Waals surface area contributed by atoms with Crippen molar-refractivity contribution in [3.05, 3.63) is 65.5 Å². The Morgan fingerprint density at radius 1 is 0.848 bits per heavy atom. The summed E-state index contributed by atoms with van der Waals surface area (Å²) in [6.45, 7) is 4.62. The summed E-state index contributed by atoms with van der Waals surface area (Å²) in [7, 11) is 0. The third kappa shape index (κ3) is 4.29. The normalized spacial score (nSPS) is 15.4. The fourth-order valence-corrected chi connectivity index (χ4v) is 4.10. The van der Waals surface area contributed by atoms with Crippen molar-refractivity contribution in [2.75, 3.05) is 26.2 Å². The zero-order chi connectivity index (χ0) is 23.9. The van der Waals surface area contributed by atoms with Gasteiger partial charge in [0.05, 0.1) is 17.4 Å². The summed E-state index contributed by atoms with van der Waals surface area (Å²) in [5, 5.41) is 0. The van der Waals surface area contributed by atoms with Gasteiger partial charge in [-0.25, -0.2) is 22.5 Å². The summed E-state index contributed by atoms with van der Waals surface area (Å²) in [5.74, 6) is -5.02. The number of hydrogen-bond acceptors (Lipinski definition) is 3. The van der Waals surface area contributed by atoms with Crippen LogP contribution in [0.1, 0.15) is 30.2 Å². The molecule has 0 radical (unpaired) electrons. The first-order chi connectivity index (χ1) is 15.7. The highest BCUT2D eigenvalue weighted by Gasteiger charge is 2.33. The van der Waals surface area contributed by atoms with E-state index in [0.717, 1.165) is 24.3 Å². The van der Waals surface area contributed by atoms with Crippen molar-refractivity contribution < 1.29 is 27.2 Å². The van der Waals surface area contributed by atoms with Crippen molar-refractivity contribution in [2.45, 2.75) is 19.9 Å². The van der Waals surface area contributed by atoms with Gasteiger partial charge in [-0.15, -0.1) is 0 Å². The maximum Gasteiger partial charge on any atom is 0.254 e. The average Bonchev–Trinajstić information content (AvgIpc) is 3.17. The Balaban J connectivity index is 1.50. The van der Waals surface area contributed by atoms with Crippen LogP contribution in [0.5, 0.6) is 0 Å². The first kappa shape index (κ1) is 22.8. The van der Waals surface area contributed by atoms with Gasteiger partial charge in [-0.1, -0.05) is 13.8 Å². The zero-order valence-electron chi connectivity index (χ0n) is 18.1. The summed E-state index contributed by atoms with van der Waals surface area (Å²) < 4.78 is 55.6. The van der Waals surface area contributed by atoms with E-state index in [4.69, 9.17) is 0 Å². The molecule has 10 heteroatoms. The van der Waals surface area contributed by atoms with Gasteiger partial charge in [-0.05, 0) is 24.1 Å². The number of piperazine rings is 1. The molecule has 1 aliphatic rings. The Morgan fingerprint density at radius 3 is 2.09 bits per heavy atom. The summed E-state index contributed by atoms with van der Waals surface area (Å²) in [4.78, 5) is 33.2. The highest BCUT2D eigenvalue weighted by molar-refractivity contribution is 5.94. The second kappa shape index (κ2) is 8.84. The summed E-state index contributed by atoms with van der Waals surface area (Å²) in [6, 6.07) is 4.30. The van der Waals surface area contributed by atoms with E-state index in [1.54, 1.807) is 9.47 Å². The number of imidazole rings is 1. The smallest absolute Gasteiger partial charge is 0.254 e. The molecular formula is C23H22F4N4O2. The Morgan fingerprint density at radius 2 is 1.45 bits per heavy atom. The molecule has 1 fully saturated rings. The minimum Gasteiger partial charge on any atom is -0.337 e. The highest BCUT2D eigenvalue weighted by Crippen LogP contribution is 2.27. The van der Waals surface area contributed by atoms with Crippen LogP contribution < -0.4 is 0 Å². The largest absolute Gasteiger partial charge is 0.337 e. The Kier molecular flexibility index (Phi) is 6.09. The zero-order valence-corrected chi connectivity index (χ0v) is 18.1. The van der Waals surface area contributed by atoms with Crippen molar-refractivity contribution in [2.24, 2.45) is 5.92 Å². The van der Waals surface area contributed by atoms with Crippen LogP contribution in [0.4, 0.5) is 17.6 Å². The van der Waals surface area contributed by atoms with Gasteiger partial charge in [-0.3, -0.25) is 9.59 Å². The van der Waals surface area contributed by atoms with Gasteiger partial charge in [0.1, 0.15) is 6.04 Å². The molecule has 6 nitrogen and oxygen atoms in total. The topological polar surface area (TPSA) is 58.4 Å². The van der Waals surface area contributed by atoms with E-state index in [1.165, 1.54) is 17.3 Å². The van der Waals surface area contributed by atoms with Gasteiger partial charge in [0.2, 0.25) is 5.91 Å². The number of carbonyl (C=O) groups is 2. The quantitative estimate of drug-likeness (QED) is 0.555. The van der Waals surface area contributed by atoms with Crippen LogP contribution in [-0.4, -0.2) is 57.3 Å². The van der Waals surface area contributed by atoms with E-state index >= 15 is 0 Å². The van der Waals surface area contributed by atoms with Crippen molar-refractivity contribution in [3.63, 3.8) is 0 Å². The molecule has 2 aromatic carbocycles. The van der Waals surface area contributed by atoms with Crippen LogP contribution in [0.15, 0.2) is 36.7 Å². The Labute approximate surface area is 187 Å². The minimum absolute atomic E-state index is 0.0351. The molecule has 1 aliphatic heterocycles. The minimum atomic E-state index is -1.10. The lowest BCUT2D eigenvalue weighted by Gasteiger charge is -2.37. The number of carbonyl (C=O) groups excluding carboxylic acids is 2. The lowest BCUT2D eigenvalue weighted by molar-refractivity contribution is -0.137. The predicted octanol–water partition coefficient (Wildman–Crippen LogP) is 3.77. The maximum absolute atomic E-state index is 13.8. The van der Waals surface area contributed by atoms with E-state index in [0.29, 0.717) is 5.52 Å². The summed E-state index contributed by atoms with van der Waals surface area (Å²) in [5.41, 5.74) is 0.593. The van der Waals surface area contributed by atoms with Gasteiger partial charge in [0, 0.05) is 43.9 Å². The fourth-order valence-electron chi connectivity index (χ4n) is 4.10. The van der Waals surface area contributed by atoms with Crippen LogP contribution in [0.3, 0.4) is 0 Å². The van der Waals surface area contributed by atoms with E-state index in [9.17, 15) is 27.2 Å². The van der Waals surface area contributed by atoms with E-state index in [1.807, 2.05) is 13.8 Å². The van der Waals surface area contributed by atoms with Crippen LogP contribution in [0, 0.1) is 29.2 Å². The molecule has 1 atom stereocenters. The number of amides is 2. The Bertz CT molecular complexity index is 1220. The second-order valence-corrected chi connectivity index (χ2v) is 8.34. The van der Waals surface area contributed by atoms with E-state index in [-0.39, 0.29) is 49.1 Å². The molecule has 1 aromatic heterocycles. The molecule has 0 N–H and O–H groups in total. The summed E-state index contributed by atoms with van der Waals surface area (Å²) >= 11 is 0. The van der Waals surface area contributed by atoms with Gasteiger partial charge >= 0.3 is 0 Å². The van der Waals surface area contributed by atoms with Crippen molar-refractivity contribution >= 4 is 22.8 Å².